The second kappa shape index (κ2) is 11.4. The fraction of sp³-hybridized carbons (Fsp3) is 0.440. The molecule has 1 amide bonds. The second-order valence-corrected chi connectivity index (χ2v) is 7.97. The quantitative estimate of drug-likeness (QED) is 0.445. The maximum atomic E-state index is 12.1. The van der Waals surface area contributed by atoms with Crippen LogP contribution in [0.5, 0.6) is 5.75 Å². The minimum atomic E-state index is -0.0546. The molecule has 1 saturated carbocycles. The van der Waals surface area contributed by atoms with Gasteiger partial charge in [0, 0.05) is 37.8 Å². The molecule has 1 fully saturated rings. The Morgan fingerprint density at radius 1 is 1.06 bits per heavy atom. The lowest BCUT2D eigenvalue weighted by atomic mass is 10.1. The molecule has 0 atom stereocenters. The highest BCUT2D eigenvalue weighted by Crippen LogP contribution is 2.27. The van der Waals surface area contributed by atoms with Gasteiger partial charge in [0.15, 0.2) is 5.96 Å². The van der Waals surface area contributed by atoms with Crippen molar-refractivity contribution in [3.63, 3.8) is 0 Å². The van der Waals surface area contributed by atoms with Gasteiger partial charge in [0.1, 0.15) is 5.75 Å². The summed E-state index contributed by atoms with van der Waals surface area (Å²) in [5, 5.41) is 9.53. The normalized spacial score (nSPS) is 14.4. The first-order valence-electron chi connectivity index (χ1n) is 11.2. The molecular formula is C25H34N4O2. The molecule has 0 aliphatic heterocycles. The zero-order valence-electron chi connectivity index (χ0n) is 18.8. The third-order valence-corrected chi connectivity index (χ3v) is 5.47. The van der Waals surface area contributed by atoms with E-state index in [4.69, 9.17) is 4.74 Å². The summed E-state index contributed by atoms with van der Waals surface area (Å²) in [6.45, 7) is 5.82. The molecule has 0 saturated heterocycles. The number of carbonyl (C=O) groups is 1. The van der Waals surface area contributed by atoms with Crippen molar-refractivity contribution in [1.82, 2.24) is 16.0 Å². The summed E-state index contributed by atoms with van der Waals surface area (Å²) >= 11 is 0. The van der Waals surface area contributed by atoms with Gasteiger partial charge in [-0.15, -0.1) is 0 Å². The number of rotatable bonds is 8. The Bertz CT molecular complexity index is 904. The Labute approximate surface area is 185 Å². The van der Waals surface area contributed by atoms with Crippen LogP contribution < -0.4 is 20.7 Å². The van der Waals surface area contributed by atoms with Crippen molar-refractivity contribution in [3.8, 4) is 5.75 Å². The van der Waals surface area contributed by atoms with E-state index >= 15 is 0 Å². The van der Waals surface area contributed by atoms with Gasteiger partial charge in [-0.3, -0.25) is 9.79 Å². The molecule has 0 radical (unpaired) electrons. The molecule has 6 heteroatoms. The average Bonchev–Trinajstić information content (AvgIpc) is 3.28. The Kier molecular flexibility index (Phi) is 8.33. The van der Waals surface area contributed by atoms with E-state index in [1.54, 1.807) is 7.05 Å². The molecule has 0 aromatic heterocycles. The molecule has 2 aromatic rings. The van der Waals surface area contributed by atoms with E-state index in [9.17, 15) is 4.79 Å². The Morgan fingerprint density at radius 3 is 2.58 bits per heavy atom. The highest BCUT2D eigenvalue weighted by Gasteiger charge is 2.18. The first kappa shape index (κ1) is 22.7. The Balaban J connectivity index is 1.57. The average molecular weight is 423 g/mol. The monoisotopic (exact) mass is 422 g/mol. The summed E-state index contributed by atoms with van der Waals surface area (Å²) < 4.78 is 6.30. The molecule has 31 heavy (non-hydrogen) atoms. The fourth-order valence-corrected chi connectivity index (χ4v) is 3.77. The van der Waals surface area contributed by atoms with Gasteiger partial charge in [-0.1, -0.05) is 24.3 Å². The van der Waals surface area contributed by atoms with E-state index in [2.05, 4.69) is 46.1 Å². The van der Waals surface area contributed by atoms with Crippen molar-refractivity contribution in [2.24, 2.45) is 4.99 Å². The molecule has 0 unspecified atom stereocenters. The van der Waals surface area contributed by atoms with E-state index in [0.717, 1.165) is 29.7 Å². The molecule has 0 bridgehead atoms. The number of carbonyl (C=O) groups excluding carboxylic acids is 1. The van der Waals surface area contributed by atoms with Crippen LogP contribution in [0.15, 0.2) is 47.5 Å². The summed E-state index contributed by atoms with van der Waals surface area (Å²) in [5.41, 5.74) is 4.01. The van der Waals surface area contributed by atoms with Gasteiger partial charge in [-0.2, -0.15) is 0 Å². The Morgan fingerprint density at radius 2 is 1.84 bits per heavy atom. The van der Waals surface area contributed by atoms with Gasteiger partial charge >= 0.3 is 0 Å². The molecule has 0 heterocycles. The predicted octanol–water partition coefficient (Wildman–Crippen LogP) is 3.93. The number of guanidine groups is 1. The van der Waals surface area contributed by atoms with E-state index in [0.29, 0.717) is 37.3 Å². The van der Waals surface area contributed by atoms with Gasteiger partial charge in [-0.25, -0.2) is 0 Å². The highest BCUT2D eigenvalue weighted by molar-refractivity contribution is 5.94. The lowest BCUT2D eigenvalue weighted by Crippen LogP contribution is -2.36. The van der Waals surface area contributed by atoms with Crippen LogP contribution in [0.25, 0.3) is 0 Å². The number of ether oxygens (including phenoxy) is 1. The molecule has 1 aliphatic rings. The molecular weight excluding hydrogens is 388 g/mol. The summed E-state index contributed by atoms with van der Waals surface area (Å²) in [6, 6.07) is 14.0. The molecule has 2 aromatic carbocycles. The highest BCUT2D eigenvalue weighted by atomic mass is 16.5. The molecule has 3 rings (SSSR count). The molecule has 6 nitrogen and oxygen atoms in total. The number of nitrogens with zero attached hydrogens (tertiary/aromatic N) is 1. The van der Waals surface area contributed by atoms with Crippen LogP contribution in [0.3, 0.4) is 0 Å². The standard InChI is InChI=1S/C25H34N4O2/c1-4-27-24(30)20-9-7-8-19(15-20)16-28-25(26-3)29-17-21-13-12-18(2)14-23(21)31-22-10-5-6-11-22/h7-9,12-15,22H,4-6,10-11,16-17H2,1-3H3,(H,27,30)(H2,26,28,29). The van der Waals surface area contributed by atoms with Crippen LogP contribution in [0.4, 0.5) is 0 Å². The van der Waals surface area contributed by atoms with E-state index in [-0.39, 0.29) is 5.91 Å². The third-order valence-electron chi connectivity index (χ3n) is 5.47. The first-order chi connectivity index (χ1) is 15.1. The number of hydrogen-bond acceptors (Lipinski definition) is 3. The summed E-state index contributed by atoms with van der Waals surface area (Å²) in [7, 11) is 1.76. The number of hydrogen-bond donors (Lipinski definition) is 3. The van der Waals surface area contributed by atoms with Gasteiger partial charge in [0.05, 0.1) is 6.10 Å². The minimum absolute atomic E-state index is 0.0546. The second-order valence-electron chi connectivity index (χ2n) is 7.97. The summed E-state index contributed by atoms with van der Waals surface area (Å²) in [5.74, 6) is 1.61. The summed E-state index contributed by atoms with van der Waals surface area (Å²) in [6.07, 6.45) is 5.11. The SMILES string of the molecule is CCNC(=O)c1cccc(CNC(=NC)NCc2ccc(C)cc2OC2CCCC2)c1. The van der Waals surface area contributed by atoms with E-state index in [1.165, 1.54) is 18.4 Å². The van der Waals surface area contributed by atoms with Crippen molar-refractivity contribution in [2.75, 3.05) is 13.6 Å². The predicted molar refractivity (Wildman–Crippen MR) is 126 cm³/mol. The van der Waals surface area contributed by atoms with Crippen molar-refractivity contribution >= 4 is 11.9 Å². The minimum Gasteiger partial charge on any atom is -0.490 e. The van der Waals surface area contributed by atoms with Gasteiger partial charge < -0.3 is 20.7 Å². The zero-order valence-corrected chi connectivity index (χ0v) is 18.8. The maximum absolute atomic E-state index is 12.1. The molecule has 1 aliphatic carbocycles. The number of amides is 1. The first-order valence-corrected chi connectivity index (χ1v) is 11.2. The van der Waals surface area contributed by atoms with Crippen molar-refractivity contribution < 1.29 is 9.53 Å². The summed E-state index contributed by atoms with van der Waals surface area (Å²) in [4.78, 5) is 16.4. The van der Waals surface area contributed by atoms with Gasteiger partial charge in [0.25, 0.3) is 5.91 Å². The maximum Gasteiger partial charge on any atom is 0.251 e. The van der Waals surface area contributed by atoms with E-state index < -0.39 is 0 Å². The lowest BCUT2D eigenvalue weighted by Gasteiger charge is -2.18. The molecule has 3 N–H and O–H groups in total. The van der Waals surface area contributed by atoms with Crippen molar-refractivity contribution in [1.29, 1.82) is 0 Å². The molecule has 166 valence electrons. The largest absolute Gasteiger partial charge is 0.490 e. The number of aliphatic imine (C=N–C) groups is 1. The van der Waals surface area contributed by atoms with Crippen LogP contribution in [0.1, 0.15) is 59.7 Å². The number of aryl methyl sites for hydroxylation is 1. The van der Waals surface area contributed by atoms with Gasteiger partial charge in [0.2, 0.25) is 0 Å². The number of nitrogens with one attached hydrogen (secondary N) is 3. The Hall–Kier alpha value is -3.02. The number of benzene rings is 2. The van der Waals surface area contributed by atoms with Crippen LogP contribution in [0.2, 0.25) is 0 Å². The fourth-order valence-electron chi connectivity index (χ4n) is 3.77. The molecule has 0 spiro atoms. The topological polar surface area (TPSA) is 74.8 Å². The smallest absolute Gasteiger partial charge is 0.251 e. The van der Waals surface area contributed by atoms with E-state index in [1.807, 2.05) is 31.2 Å². The third kappa shape index (κ3) is 6.74. The van der Waals surface area contributed by atoms with Gasteiger partial charge in [-0.05, 0) is 68.9 Å². The van der Waals surface area contributed by atoms with Crippen molar-refractivity contribution in [2.45, 2.75) is 58.7 Å². The van der Waals surface area contributed by atoms with Crippen LogP contribution >= 0.6 is 0 Å². The zero-order chi connectivity index (χ0) is 22.1. The van der Waals surface area contributed by atoms with Crippen LogP contribution in [0, 0.1) is 6.92 Å². The van der Waals surface area contributed by atoms with Crippen molar-refractivity contribution in [3.05, 3.63) is 64.7 Å². The lowest BCUT2D eigenvalue weighted by molar-refractivity contribution is 0.0955. The van der Waals surface area contributed by atoms with Crippen LogP contribution in [-0.4, -0.2) is 31.6 Å². The van der Waals surface area contributed by atoms with Crippen LogP contribution in [-0.2, 0) is 13.1 Å².